The molecule has 23 heavy (non-hydrogen) atoms. The Morgan fingerprint density at radius 3 is 2.96 bits per heavy atom. The van der Waals surface area contributed by atoms with E-state index in [0.29, 0.717) is 23.0 Å². The number of esters is 1. The summed E-state index contributed by atoms with van der Waals surface area (Å²) in [6.07, 6.45) is 0.347. The number of nitrogens with one attached hydrogen (secondary N) is 1. The summed E-state index contributed by atoms with van der Waals surface area (Å²) < 4.78 is 5.22. The quantitative estimate of drug-likeness (QED) is 0.870. The second kappa shape index (κ2) is 6.45. The number of aromatic nitrogens is 2. The summed E-state index contributed by atoms with van der Waals surface area (Å²) >= 11 is 1.35. The Labute approximate surface area is 137 Å². The van der Waals surface area contributed by atoms with Crippen LogP contribution < -0.4 is 5.32 Å². The average molecular weight is 331 g/mol. The first kappa shape index (κ1) is 15.6. The van der Waals surface area contributed by atoms with E-state index in [4.69, 9.17) is 4.74 Å². The maximum Gasteiger partial charge on any atom is 0.339 e. The number of carbonyl (C=O) groups is 2. The van der Waals surface area contributed by atoms with E-state index in [1.165, 1.54) is 11.3 Å². The summed E-state index contributed by atoms with van der Waals surface area (Å²) in [5, 5.41) is 12.0. The predicted molar refractivity (Wildman–Crippen MR) is 86.4 cm³/mol. The van der Waals surface area contributed by atoms with E-state index in [1.54, 1.807) is 12.1 Å². The first-order valence-corrected chi connectivity index (χ1v) is 8.26. The highest BCUT2D eigenvalue weighted by atomic mass is 32.1. The Kier molecular flexibility index (Phi) is 4.38. The first-order valence-electron chi connectivity index (χ1n) is 7.45. The van der Waals surface area contributed by atoms with Gasteiger partial charge in [-0.3, -0.25) is 10.1 Å². The molecule has 2 heterocycles. The zero-order valence-corrected chi connectivity index (χ0v) is 13.7. The Balaban J connectivity index is 1.67. The molecule has 1 atom stereocenters. The summed E-state index contributed by atoms with van der Waals surface area (Å²) in [4.78, 5) is 24.3. The molecule has 0 spiro atoms. The van der Waals surface area contributed by atoms with Crippen LogP contribution in [0.25, 0.3) is 0 Å². The minimum atomic E-state index is -0.838. The first-order chi connectivity index (χ1) is 11.0. The van der Waals surface area contributed by atoms with Crippen molar-refractivity contribution in [2.45, 2.75) is 32.8 Å². The van der Waals surface area contributed by atoms with Gasteiger partial charge in [-0.25, -0.2) is 4.79 Å². The topological polar surface area (TPSA) is 81.2 Å². The van der Waals surface area contributed by atoms with Gasteiger partial charge in [0.15, 0.2) is 6.10 Å². The normalized spacial score (nSPS) is 16.8. The number of anilines is 1. The number of nitrogens with zero attached hydrogens (tertiary/aromatic N) is 2. The molecule has 0 bridgehead atoms. The number of benzene rings is 1. The molecule has 1 aliphatic rings. The van der Waals surface area contributed by atoms with E-state index < -0.39 is 12.1 Å². The van der Waals surface area contributed by atoms with Gasteiger partial charge in [0.1, 0.15) is 5.01 Å². The van der Waals surface area contributed by atoms with Crippen LogP contribution in [0.5, 0.6) is 0 Å². The third-order valence-corrected chi connectivity index (χ3v) is 4.33. The van der Waals surface area contributed by atoms with Crippen molar-refractivity contribution in [3.05, 3.63) is 40.4 Å². The molecule has 0 saturated heterocycles. The van der Waals surface area contributed by atoms with E-state index in [1.807, 2.05) is 12.1 Å². The van der Waals surface area contributed by atoms with Crippen LogP contribution in [0.15, 0.2) is 24.3 Å². The molecule has 1 aliphatic heterocycles. The summed E-state index contributed by atoms with van der Waals surface area (Å²) in [5.74, 6) is -0.368. The molecule has 2 aromatic rings. The van der Waals surface area contributed by atoms with Crippen molar-refractivity contribution < 1.29 is 14.3 Å². The molecule has 7 heteroatoms. The number of hydrogen-bond acceptors (Lipinski definition) is 6. The van der Waals surface area contributed by atoms with E-state index >= 15 is 0 Å². The lowest BCUT2D eigenvalue weighted by Crippen LogP contribution is -2.37. The summed E-state index contributed by atoms with van der Waals surface area (Å²) in [5.41, 5.74) is 1.34. The van der Waals surface area contributed by atoms with Gasteiger partial charge >= 0.3 is 5.97 Å². The molecular formula is C16H17N3O3S. The molecule has 0 saturated carbocycles. The van der Waals surface area contributed by atoms with Crippen molar-refractivity contribution in [3.8, 4) is 0 Å². The van der Waals surface area contributed by atoms with Crippen molar-refractivity contribution in [1.29, 1.82) is 0 Å². The lowest BCUT2D eigenvalue weighted by atomic mass is 9.98. The fraction of sp³-hybridized carbons (Fsp3) is 0.375. The number of hydrogen-bond donors (Lipinski definition) is 1. The van der Waals surface area contributed by atoms with Crippen molar-refractivity contribution in [3.63, 3.8) is 0 Å². The van der Waals surface area contributed by atoms with Gasteiger partial charge in [-0.05, 0) is 17.5 Å². The number of cyclic esters (lactones) is 1. The van der Waals surface area contributed by atoms with Crippen molar-refractivity contribution in [1.82, 2.24) is 10.2 Å². The van der Waals surface area contributed by atoms with Crippen molar-refractivity contribution in [2.24, 2.45) is 5.92 Å². The van der Waals surface area contributed by atoms with E-state index in [0.717, 1.165) is 17.0 Å². The average Bonchev–Trinajstić information content (AvgIpc) is 2.93. The Morgan fingerprint density at radius 2 is 2.17 bits per heavy atom. The Bertz CT molecular complexity index is 742. The third kappa shape index (κ3) is 3.56. The maximum absolute atomic E-state index is 12.3. The summed E-state index contributed by atoms with van der Waals surface area (Å²) in [6.45, 7) is 4.19. The van der Waals surface area contributed by atoms with Crippen LogP contribution in [0, 0.1) is 5.92 Å². The van der Waals surface area contributed by atoms with Crippen molar-refractivity contribution >= 4 is 28.3 Å². The van der Waals surface area contributed by atoms with Crippen LogP contribution in [0.4, 0.5) is 5.13 Å². The molecule has 1 amide bonds. The van der Waals surface area contributed by atoms with Crippen LogP contribution in [-0.4, -0.2) is 28.2 Å². The molecule has 120 valence electrons. The third-order valence-electron chi connectivity index (χ3n) is 3.46. The van der Waals surface area contributed by atoms with Gasteiger partial charge in [0.2, 0.25) is 5.13 Å². The summed E-state index contributed by atoms with van der Waals surface area (Å²) in [7, 11) is 0. The minimum Gasteiger partial charge on any atom is -0.448 e. The largest absolute Gasteiger partial charge is 0.448 e. The fourth-order valence-corrected chi connectivity index (χ4v) is 3.35. The zero-order valence-electron chi connectivity index (χ0n) is 12.9. The molecule has 0 fully saturated rings. The van der Waals surface area contributed by atoms with Crippen LogP contribution in [-0.2, 0) is 22.4 Å². The van der Waals surface area contributed by atoms with E-state index in [2.05, 4.69) is 29.4 Å². The fourth-order valence-electron chi connectivity index (χ4n) is 2.40. The highest BCUT2D eigenvalue weighted by molar-refractivity contribution is 7.15. The van der Waals surface area contributed by atoms with Gasteiger partial charge in [-0.2, -0.15) is 0 Å². The lowest BCUT2D eigenvalue weighted by molar-refractivity contribution is -0.125. The number of ether oxygens (including phenoxy) is 1. The highest BCUT2D eigenvalue weighted by Crippen LogP contribution is 2.23. The van der Waals surface area contributed by atoms with Gasteiger partial charge in [0, 0.05) is 12.8 Å². The highest BCUT2D eigenvalue weighted by Gasteiger charge is 2.31. The second-order valence-corrected chi connectivity index (χ2v) is 6.91. The molecular weight excluding hydrogens is 314 g/mol. The SMILES string of the molecule is CC(C)Cc1nnc(NC(=O)[C@H]2Cc3ccccc3C(=O)O2)s1. The van der Waals surface area contributed by atoms with Crippen LogP contribution in [0.1, 0.15) is 34.8 Å². The van der Waals surface area contributed by atoms with Crippen LogP contribution >= 0.6 is 11.3 Å². The van der Waals surface area contributed by atoms with Gasteiger partial charge < -0.3 is 4.74 Å². The van der Waals surface area contributed by atoms with Crippen LogP contribution in [0.3, 0.4) is 0 Å². The van der Waals surface area contributed by atoms with Crippen LogP contribution in [0.2, 0.25) is 0 Å². The monoisotopic (exact) mass is 331 g/mol. The smallest absolute Gasteiger partial charge is 0.339 e. The summed E-state index contributed by atoms with van der Waals surface area (Å²) in [6, 6.07) is 7.16. The predicted octanol–water partition coefficient (Wildman–Crippen LogP) is 2.46. The molecule has 0 aliphatic carbocycles. The molecule has 1 N–H and O–H groups in total. The van der Waals surface area contributed by atoms with Gasteiger partial charge in [-0.1, -0.05) is 43.4 Å². The molecule has 6 nitrogen and oxygen atoms in total. The molecule has 3 rings (SSSR count). The number of amides is 1. The van der Waals surface area contributed by atoms with Gasteiger partial charge in [-0.15, -0.1) is 10.2 Å². The van der Waals surface area contributed by atoms with Gasteiger partial charge in [0.25, 0.3) is 5.91 Å². The Hall–Kier alpha value is -2.28. The number of carbonyl (C=O) groups excluding carboxylic acids is 2. The second-order valence-electron chi connectivity index (χ2n) is 5.84. The van der Waals surface area contributed by atoms with E-state index in [-0.39, 0.29) is 5.91 Å². The van der Waals surface area contributed by atoms with E-state index in [9.17, 15) is 9.59 Å². The molecule has 0 unspecified atom stereocenters. The molecule has 1 aromatic heterocycles. The molecule has 1 aromatic carbocycles. The Morgan fingerprint density at radius 1 is 1.39 bits per heavy atom. The van der Waals surface area contributed by atoms with Crippen molar-refractivity contribution in [2.75, 3.05) is 5.32 Å². The molecule has 0 radical (unpaired) electrons. The minimum absolute atomic E-state index is 0.366. The number of rotatable bonds is 4. The zero-order chi connectivity index (χ0) is 16.4. The lowest BCUT2D eigenvalue weighted by Gasteiger charge is -2.23. The maximum atomic E-state index is 12.3. The van der Waals surface area contributed by atoms with Gasteiger partial charge in [0.05, 0.1) is 5.56 Å². The number of fused-ring (bicyclic) bond motifs is 1. The standard InChI is InChI=1S/C16H17N3O3S/c1-9(2)7-13-18-19-16(23-13)17-14(20)12-8-10-5-3-4-6-11(10)15(21)22-12/h3-6,9,12H,7-8H2,1-2H3,(H,17,19,20)/t12-/m1/s1.